The summed E-state index contributed by atoms with van der Waals surface area (Å²) < 4.78 is 0. The molecular formula is C53H39N. The van der Waals surface area contributed by atoms with Crippen LogP contribution in [-0.2, 0) is 5.41 Å². The molecule has 0 spiro atoms. The Labute approximate surface area is 317 Å². The number of anilines is 3. The minimum atomic E-state index is -0.131. The molecule has 0 saturated heterocycles. The Balaban J connectivity index is 1.26. The van der Waals surface area contributed by atoms with Gasteiger partial charge in [0, 0.05) is 22.4 Å². The summed E-state index contributed by atoms with van der Waals surface area (Å²) in [5.41, 5.74) is 15.8. The van der Waals surface area contributed by atoms with Crippen molar-refractivity contribution in [3.8, 4) is 44.5 Å². The molecule has 54 heavy (non-hydrogen) atoms. The van der Waals surface area contributed by atoms with Crippen LogP contribution >= 0.6 is 0 Å². The van der Waals surface area contributed by atoms with Crippen LogP contribution in [0, 0.1) is 0 Å². The molecule has 0 amide bonds. The molecule has 1 aliphatic carbocycles. The molecule has 1 heteroatoms. The van der Waals surface area contributed by atoms with Crippen molar-refractivity contribution in [2.24, 2.45) is 0 Å². The van der Waals surface area contributed by atoms with E-state index in [0.717, 1.165) is 17.1 Å². The van der Waals surface area contributed by atoms with Gasteiger partial charge in [-0.3, -0.25) is 0 Å². The van der Waals surface area contributed by atoms with E-state index in [-0.39, 0.29) is 5.41 Å². The Morgan fingerprint density at radius 3 is 1.69 bits per heavy atom. The Hall–Kier alpha value is -6.70. The predicted octanol–water partition coefficient (Wildman–Crippen LogP) is 14.8. The molecule has 0 heterocycles. The summed E-state index contributed by atoms with van der Waals surface area (Å²) in [7, 11) is 0. The maximum atomic E-state index is 2.49. The molecule has 0 aromatic heterocycles. The van der Waals surface area contributed by atoms with Crippen LogP contribution in [0.2, 0.25) is 0 Å². The highest BCUT2D eigenvalue weighted by molar-refractivity contribution is 6.01. The van der Waals surface area contributed by atoms with Crippen LogP contribution in [0.1, 0.15) is 25.0 Å². The van der Waals surface area contributed by atoms with E-state index in [0.29, 0.717) is 0 Å². The van der Waals surface area contributed by atoms with E-state index in [4.69, 9.17) is 0 Å². The average Bonchev–Trinajstić information content (AvgIpc) is 3.46. The minimum Gasteiger partial charge on any atom is -0.310 e. The Morgan fingerprint density at radius 2 is 0.907 bits per heavy atom. The molecule has 1 aliphatic rings. The second kappa shape index (κ2) is 12.8. The van der Waals surface area contributed by atoms with Gasteiger partial charge in [-0.25, -0.2) is 0 Å². The number of hydrogen-bond donors (Lipinski definition) is 0. The summed E-state index contributed by atoms with van der Waals surface area (Å²) >= 11 is 0. The Kier molecular flexibility index (Phi) is 7.56. The van der Waals surface area contributed by atoms with Crippen LogP contribution < -0.4 is 4.90 Å². The number of nitrogens with zero attached hydrogens (tertiary/aromatic N) is 1. The summed E-state index contributed by atoms with van der Waals surface area (Å²) in [5.74, 6) is 0. The maximum absolute atomic E-state index is 2.49. The van der Waals surface area contributed by atoms with Gasteiger partial charge >= 0.3 is 0 Å². The van der Waals surface area contributed by atoms with E-state index in [1.807, 2.05) is 0 Å². The normalized spacial score (nSPS) is 12.8. The largest absolute Gasteiger partial charge is 0.310 e. The van der Waals surface area contributed by atoms with Gasteiger partial charge in [0.05, 0.1) is 5.69 Å². The summed E-state index contributed by atoms with van der Waals surface area (Å²) in [6.45, 7) is 4.73. The third-order valence-electron chi connectivity index (χ3n) is 11.4. The number of rotatable bonds is 6. The number of benzene rings is 9. The molecule has 0 unspecified atom stereocenters. The SMILES string of the molecule is CC1(C)c2ccccc2-c2ccc(N(c3cccc(-c4ccccc4)c3)c3cccc(-c4ccc5ccccc5c4)c3-c3ccc4ccccc4c3)cc21. The zero-order valence-electron chi connectivity index (χ0n) is 30.5. The highest BCUT2D eigenvalue weighted by Crippen LogP contribution is 2.52. The van der Waals surface area contributed by atoms with Crippen molar-refractivity contribution in [1.82, 2.24) is 0 Å². The molecule has 9 aromatic rings. The van der Waals surface area contributed by atoms with Crippen molar-refractivity contribution in [2.45, 2.75) is 19.3 Å². The van der Waals surface area contributed by atoms with E-state index >= 15 is 0 Å². The second-order valence-electron chi connectivity index (χ2n) is 15.0. The quantitative estimate of drug-likeness (QED) is 0.168. The van der Waals surface area contributed by atoms with Crippen LogP contribution in [0.4, 0.5) is 17.1 Å². The van der Waals surface area contributed by atoms with Gasteiger partial charge in [0.25, 0.3) is 0 Å². The fourth-order valence-electron chi connectivity index (χ4n) is 8.69. The lowest BCUT2D eigenvalue weighted by atomic mass is 9.82. The number of fused-ring (bicyclic) bond motifs is 5. The fraction of sp³-hybridized carbons (Fsp3) is 0.0566. The molecule has 0 fully saturated rings. The van der Waals surface area contributed by atoms with Crippen molar-refractivity contribution >= 4 is 38.6 Å². The van der Waals surface area contributed by atoms with E-state index in [9.17, 15) is 0 Å². The maximum Gasteiger partial charge on any atom is 0.0546 e. The lowest BCUT2D eigenvalue weighted by molar-refractivity contribution is 0.660. The van der Waals surface area contributed by atoms with Crippen LogP contribution in [0.5, 0.6) is 0 Å². The van der Waals surface area contributed by atoms with Crippen molar-refractivity contribution in [2.75, 3.05) is 4.90 Å². The standard InChI is InChI=1S/C53H39N/c1-53(2)49-24-11-10-22-47(49)48-31-30-45(35-50(48)53)54(44-21-12-20-41(34-44)36-14-4-3-5-15-36)51-25-13-23-46(42-28-26-37-16-6-8-18-39(37)32-42)52(51)43-29-27-38-17-7-9-19-40(38)33-43/h3-35H,1-2H3. The molecule has 0 atom stereocenters. The molecule has 0 radical (unpaired) electrons. The summed E-state index contributed by atoms with van der Waals surface area (Å²) in [4.78, 5) is 2.49. The average molecular weight is 690 g/mol. The molecule has 0 bridgehead atoms. The van der Waals surface area contributed by atoms with Gasteiger partial charge in [-0.15, -0.1) is 0 Å². The first-order valence-electron chi connectivity index (χ1n) is 18.8. The molecule has 0 N–H and O–H groups in total. The van der Waals surface area contributed by atoms with Crippen molar-refractivity contribution in [1.29, 1.82) is 0 Å². The highest BCUT2D eigenvalue weighted by Gasteiger charge is 2.36. The van der Waals surface area contributed by atoms with Gasteiger partial charge in [-0.2, -0.15) is 0 Å². The summed E-state index contributed by atoms with van der Waals surface area (Å²) in [6.07, 6.45) is 0. The highest BCUT2D eigenvalue weighted by atomic mass is 15.1. The molecule has 9 aromatic carbocycles. The minimum absolute atomic E-state index is 0.131. The van der Waals surface area contributed by atoms with Crippen LogP contribution in [0.15, 0.2) is 200 Å². The first-order chi connectivity index (χ1) is 26.5. The Bertz CT molecular complexity index is 2860. The van der Waals surface area contributed by atoms with Crippen LogP contribution in [0.3, 0.4) is 0 Å². The van der Waals surface area contributed by atoms with Gasteiger partial charge in [-0.1, -0.05) is 172 Å². The van der Waals surface area contributed by atoms with Crippen LogP contribution in [-0.4, -0.2) is 0 Å². The van der Waals surface area contributed by atoms with Crippen LogP contribution in [0.25, 0.3) is 66.1 Å². The fourth-order valence-corrected chi connectivity index (χ4v) is 8.69. The first-order valence-corrected chi connectivity index (χ1v) is 18.8. The molecule has 256 valence electrons. The van der Waals surface area contributed by atoms with Crippen molar-refractivity contribution < 1.29 is 0 Å². The van der Waals surface area contributed by atoms with E-state index in [1.54, 1.807) is 0 Å². The third-order valence-corrected chi connectivity index (χ3v) is 11.4. The van der Waals surface area contributed by atoms with E-state index in [2.05, 4.69) is 219 Å². The Morgan fingerprint density at radius 1 is 0.333 bits per heavy atom. The van der Waals surface area contributed by atoms with E-state index in [1.165, 1.54) is 77.2 Å². The number of hydrogen-bond acceptors (Lipinski definition) is 1. The summed E-state index contributed by atoms with van der Waals surface area (Å²) in [6, 6.07) is 73.6. The lowest BCUT2D eigenvalue weighted by Gasteiger charge is -2.31. The monoisotopic (exact) mass is 689 g/mol. The molecular weight excluding hydrogens is 651 g/mol. The van der Waals surface area contributed by atoms with Gasteiger partial charge in [-0.05, 0) is 114 Å². The van der Waals surface area contributed by atoms with Gasteiger partial charge in [0.1, 0.15) is 0 Å². The second-order valence-corrected chi connectivity index (χ2v) is 15.0. The predicted molar refractivity (Wildman–Crippen MR) is 230 cm³/mol. The molecule has 0 saturated carbocycles. The van der Waals surface area contributed by atoms with Gasteiger partial charge in [0.15, 0.2) is 0 Å². The molecule has 0 aliphatic heterocycles. The van der Waals surface area contributed by atoms with Crippen molar-refractivity contribution in [3.63, 3.8) is 0 Å². The topological polar surface area (TPSA) is 3.24 Å². The smallest absolute Gasteiger partial charge is 0.0546 e. The summed E-state index contributed by atoms with van der Waals surface area (Å²) in [5, 5.41) is 4.94. The molecule has 1 nitrogen and oxygen atoms in total. The van der Waals surface area contributed by atoms with Crippen molar-refractivity contribution in [3.05, 3.63) is 211 Å². The zero-order valence-corrected chi connectivity index (χ0v) is 30.5. The van der Waals surface area contributed by atoms with Gasteiger partial charge in [0.2, 0.25) is 0 Å². The zero-order chi connectivity index (χ0) is 36.2. The van der Waals surface area contributed by atoms with Gasteiger partial charge < -0.3 is 4.90 Å². The third kappa shape index (κ3) is 5.32. The lowest BCUT2D eigenvalue weighted by Crippen LogP contribution is -2.17. The van der Waals surface area contributed by atoms with E-state index < -0.39 is 0 Å². The molecule has 10 rings (SSSR count). The first kappa shape index (κ1) is 32.0.